The van der Waals surface area contributed by atoms with Crippen molar-refractivity contribution < 1.29 is 27.5 Å². The number of nitrogens with one attached hydrogen (secondary N) is 1. The van der Waals surface area contributed by atoms with Gasteiger partial charge in [-0.25, -0.2) is 8.42 Å². The molecule has 0 aliphatic carbocycles. The lowest BCUT2D eigenvalue weighted by Crippen LogP contribution is -2.53. The number of halogens is 1. The number of hydrogen-bond acceptors (Lipinski definition) is 6. The Morgan fingerprint density at radius 2 is 1.53 bits per heavy atom. The van der Waals surface area contributed by atoms with E-state index in [4.69, 9.17) is 21.1 Å². The Labute approximate surface area is 282 Å². The van der Waals surface area contributed by atoms with Crippen molar-refractivity contribution in [2.75, 3.05) is 31.6 Å². The molecule has 11 heteroatoms. The molecule has 0 saturated heterocycles. The Morgan fingerprint density at radius 1 is 0.851 bits per heavy atom. The Balaban J connectivity index is 1.81. The van der Waals surface area contributed by atoms with Gasteiger partial charge in [-0.3, -0.25) is 13.9 Å². The first-order valence-corrected chi connectivity index (χ1v) is 17.1. The van der Waals surface area contributed by atoms with Crippen LogP contribution in [0, 0.1) is 0 Å². The van der Waals surface area contributed by atoms with Gasteiger partial charge in [-0.15, -0.1) is 0 Å². The minimum Gasteiger partial charge on any atom is -0.497 e. The van der Waals surface area contributed by atoms with Gasteiger partial charge in [0, 0.05) is 19.5 Å². The summed E-state index contributed by atoms with van der Waals surface area (Å²) in [5.74, 6) is 0.0301. The van der Waals surface area contributed by atoms with E-state index in [0.717, 1.165) is 22.7 Å². The zero-order chi connectivity index (χ0) is 33.8. The molecule has 47 heavy (non-hydrogen) atoms. The van der Waals surface area contributed by atoms with Crippen LogP contribution < -0.4 is 19.1 Å². The van der Waals surface area contributed by atoms with E-state index >= 15 is 0 Å². The molecule has 248 valence electrons. The maximum Gasteiger partial charge on any atom is 0.264 e. The largest absolute Gasteiger partial charge is 0.497 e. The summed E-state index contributed by atoms with van der Waals surface area (Å²) in [5, 5.41) is 3.17. The Bertz CT molecular complexity index is 1740. The van der Waals surface area contributed by atoms with Crippen LogP contribution in [0.5, 0.6) is 11.5 Å². The number of nitrogens with zero attached hydrogens (tertiary/aromatic N) is 2. The first-order chi connectivity index (χ1) is 22.7. The third-order valence-corrected chi connectivity index (χ3v) is 9.70. The smallest absolute Gasteiger partial charge is 0.264 e. The number of benzene rings is 4. The van der Waals surface area contributed by atoms with Crippen LogP contribution >= 0.6 is 11.6 Å². The van der Waals surface area contributed by atoms with E-state index in [1.165, 1.54) is 36.3 Å². The van der Waals surface area contributed by atoms with E-state index in [-0.39, 0.29) is 34.5 Å². The topological polar surface area (TPSA) is 105 Å². The second-order valence-electron chi connectivity index (χ2n) is 10.9. The van der Waals surface area contributed by atoms with E-state index in [1.54, 1.807) is 49.6 Å². The number of hydrogen-bond donors (Lipinski definition) is 1. The predicted molar refractivity (Wildman–Crippen MR) is 184 cm³/mol. The average Bonchev–Trinajstić information content (AvgIpc) is 3.09. The molecule has 0 aliphatic heterocycles. The fourth-order valence-corrected chi connectivity index (χ4v) is 6.77. The van der Waals surface area contributed by atoms with Gasteiger partial charge in [0.25, 0.3) is 10.0 Å². The highest BCUT2D eigenvalue weighted by molar-refractivity contribution is 7.92. The van der Waals surface area contributed by atoms with E-state index in [1.807, 2.05) is 43.3 Å². The summed E-state index contributed by atoms with van der Waals surface area (Å²) in [7, 11) is -1.25. The fourth-order valence-electron chi connectivity index (χ4n) is 5.09. The number of methoxy groups -OCH3 is 2. The number of amides is 2. The highest BCUT2D eigenvalue weighted by Gasteiger charge is 2.34. The van der Waals surface area contributed by atoms with Crippen molar-refractivity contribution in [1.29, 1.82) is 0 Å². The van der Waals surface area contributed by atoms with Crippen molar-refractivity contribution in [3.05, 3.63) is 119 Å². The second-order valence-corrected chi connectivity index (χ2v) is 13.1. The highest BCUT2D eigenvalue weighted by Crippen LogP contribution is 2.32. The van der Waals surface area contributed by atoms with Gasteiger partial charge in [0.05, 0.1) is 29.8 Å². The Morgan fingerprint density at radius 3 is 2.17 bits per heavy atom. The van der Waals surface area contributed by atoms with Gasteiger partial charge in [-0.05, 0) is 60.0 Å². The van der Waals surface area contributed by atoms with Gasteiger partial charge >= 0.3 is 0 Å². The maximum atomic E-state index is 14.6. The standard InChI is InChI=1S/C36H40ClN3O6S/c1-4-5-21-38-36(42)33(23-27-13-8-6-9-14-27)39(25-28-15-12-16-30(22-28)45-2)35(41)26-40(29-19-20-34(46-3)32(37)24-29)47(43,44)31-17-10-7-11-18-31/h6-20,22,24,33H,4-5,21,23,25-26H2,1-3H3,(H,38,42)/t33-/m1/s1. The van der Waals surface area contributed by atoms with Gasteiger partial charge in [-0.1, -0.05) is 85.6 Å². The van der Waals surface area contributed by atoms with Crippen molar-refractivity contribution >= 4 is 39.1 Å². The average molecular weight is 678 g/mol. The maximum absolute atomic E-state index is 14.6. The van der Waals surface area contributed by atoms with Crippen molar-refractivity contribution in [1.82, 2.24) is 10.2 Å². The lowest BCUT2D eigenvalue weighted by molar-refractivity contribution is -0.140. The van der Waals surface area contributed by atoms with Gasteiger partial charge in [0.1, 0.15) is 24.1 Å². The molecule has 1 N–H and O–H groups in total. The summed E-state index contributed by atoms with van der Waals surface area (Å²) in [6.07, 6.45) is 1.87. The highest BCUT2D eigenvalue weighted by atomic mass is 35.5. The number of ether oxygens (including phenoxy) is 2. The molecule has 4 aromatic carbocycles. The molecule has 1 atom stereocenters. The molecule has 0 bridgehead atoms. The zero-order valence-electron chi connectivity index (χ0n) is 26.8. The van der Waals surface area contributed by atoms with Crippen molar-refractivity contribution in [3.8, 4) is 11.5 Å². The minimum absolute atomic E-state index is 0.00256. The first-order valence-electron chi connectivity index (χ1n) is 15.3. The quantitative estimate of drug-likeness (QED) is 0.144. The van der Waals surface area contributed by atoms with Crippen LogP contribution in [-0.4, -0.2) is 58.5 Å². The Kier molecular flexibility index (Phi) is 12.7. The summed E-state index contributed by atoms with van der Waals surface area (Å²) >= 11 is 6.44. The minimum atomic E-state index is -4.26. The normalized spacial score (nSPS) is 11.7. The summed E-state index contributed by atoms with van der Waals surface area (Å²) in [4.78, 5) is 29.9. The lowest BCUT2D eigenvalue weighted by atomic mass is 10.0. The van der Waals surface area contributed by atoms with Crippen LogP contribution in [0.1, 0.15) is 30.9 Å². The third-order valence-electron chi connectivity index (χ3n) is 7.62. The predicted octanol–water partition coefficient (Wildman–Crippen LogP) is 6.11. The molecule has 0 fully saturated rings. The molecule has 0 aromatic heterocycles. The number of carbonyl (C=O) groups is 2. The molecule has 0 heterocycles. The van der Waals surface area contributed by atoms with Crippen LogP contribution in [0.4, 0.5) is 5.69 Å². The van der Waals surface area contributed by atoms with Crippen molar-refractivity contribution in [2.24, 2.45) is 0 Å². The summed E-state index contributed by atoms with van der Waals surface area (Å²) in [6, 6.07) is 28.1. The fraction of sp³-hybridized carbons (Fsp3) is 0.278. The number of anilines is 1. The molecule has 0 spiro atoms. The molecule has 0 unspecified atom stereocenters. The third kappa shape index (κ3) is 9.27. The van der Waals surface area contributed by atoms with E-state index in [0.29, 0.717) is 23.6 Å². The molecular formula is C36H40ClN3O6S. The van der Waals surface area contributed by atoms with E-state index < -0.39 is 28.5 Å². The van der Waals surface area contributed by atoms with Crippen LogP contribution in [-0.2, 0) is 32.6 Å². The van der Waals surface area contributed by atoms with Gasteiger partial charge < -0.3 is 19.7 Å². The number of sulfonamides is 1. The molecule has 2 amide bonds. The van der Waals surface area contributed by atoms with Crippen molar-refractivity contribution in [3.63, 3.8) is 0 Å². The van der Waals surface area contributed by atoms with Gasteiger partial charge in [-0.2, -0.15) is 0 Å². The lowest BCUT2D eigenvalue weighted by Gasteiger charge is -2.34. The monoisotopic (exact) mass is 677 g/mol. The second kappa shape index (κ2) is 16.9. The molecular weight excluding hydrogens is 638 g/mol. The molecule has 9 nitrogen and oxygen atoms in total. The number of carbonyl (C=O) groups excluding carboxylic acids is 2. The van der Waals surface area contributed by atoms with Crippen LogP contribution in [0.3, 0.4) is 0 Å². The molecule has 4 rings (SSSR count). The molecule has 4 aromatic rings. The van der Waals surface area contributed by atoms with Crippen molar-refractivity contribution in [2.45, 2.75) is 43.7 Å². The SMILES string of the molecule is CCCCNC(=O)[C@@H](Cc1ccccc1)N(Cc1cccc(OC)c1)C(=O)CN(c1ccc(OC)c(Cl)c1)S(=O)(=O)c1ccccc1. The van der Waals surface area contributed by atoms with Gasteiger partial charge in [0.2, 0.25) is 11.8 Å². The summed E-state index contributed by atoms with van der Waals surface area (Å²) in [5.41, 5.74) is 1.73. The first kappa shape index (κ1) is 35.3. The van der Waals surface area contributed by atoms with Crippen LogP contribution in [0.2, 0.25) is 5.02 Å². The van der Waals surface area contributed by atoms with Crippen LogP contribution in [0.25, 0.3) is 0 Å². The molecule has 0 aliphatic rings. The summed E-state index contributed by atoms with van der Waals surface area (Å²) in [6.45, 7) is 1.90. The summed E-state index contributed by atoms with van der Waals surface area (Å²) < 4.78 is 40.0. The Hall–Kier alpha value is -4.54. The van der Waals surface area contributed by atoms with Crippen LogP contribution in [0.15, 0.2) is 108 Å². The van der Waals surface area contributed by atoms with Gasteiger partial charge in [0.15, 0.2) is 0 Å². The zero-order valence-corrected chi connectivity index (χ0v) is 28.3. The number of unbranched alkanes of at least 4 members (excludes halogenated alkanes) is 1. The number of rotatable bonds is 16. The molecule has 0 saturated carbocycles. The molecule has 0 radical (unpaired) electrons. The van der Waals surface area contributed by atoms with E-state index in [9.17, 15) is 18.0 Å². The van der Waals surface area contributed by atoms with E-state index in [2.05, 4.69) is 5.32 Å².